The molecule has 2 aromatic carbocycles. The van der Waals surface area contributed by atoms with Gasteiger partial charge in [0.05, 0.1) is 0 Å². The van der Waals surface area contributed by atoms with Crippen LogP contribution in [0, 0.1) is 0 Å². The molecule has 0 radical (unpaired) electrons. The molecule has 0 aliphatic heterocycles. The minimum Gasteiger partial charge on any atom is -0.406 e. The number of carbonyl (C=O) groups is 1. The van der Waals surface area contributed by atoms with E-state index in [0.29, 0.717) is 12.1 Å². The molecule has 8 heteroatoms. The van der Waals surface area contributed by atoms with Crippen LogP contribution in [0.5, 0.6) is 5.75 Å². The van der Waals surface area contributed by atoms with Crippen molar-refractivity contribution in [3.8, 4) is 5.75 Å². The van der Waals surface area contributed by atoms with Crippen molar-refractivity contribution in [2.24, 2.45) is 0 Å². The van der Waals surface area contributed by atoms with Gasteiger partial charge in [-0.1, -0.05) is 40.2 Å². The van der Waals surface area contributed by atoms with Gasteiger partial charge in [0.1, 0.15) is 5.75 Å². The fraction of sp³-hybridized carbons (Fsp3) is 0.235. The Labute approximate surface area is 151 Å². The van der Waals surface area contributed by atoms with Crippen LogP contribution < -0.4 is 10.1 Å². The number of alkyl halides is 3. The van der Waals surface area contributed by atoms with Gasteiger partial charge >= 0.3 is 12.4 Å². The molecule has 0 saturated carbocycles. The van der Waals surface area contributed by atoms with Gasteiger partial charge in [-0.05, 0) is 35.4 Å². The van der Waals surface area contributed by atoms with E-state index in [4.69, 9.17) is 0 Å². The number of urea groups is 1. The highest BCUT2D eigenvalue weighted by molar-refractivity contribution is 9.10. The fourth-order valence-electron chi connectivity index (χ4n) is 2.06. The van der Waals surface area contributed by atoms with Crippen LogP contribution in [0.25, 0.3) is 0 Å². The molecule has 1 N–H and O–H groups in total. The predicted molar refractivity (Wildman–Crippen MR) is 91.0 cm³/mol. The lowest BCUT2D eigenvalue weighted by Crippen LogP contribution is -2.36. The minimum absolute atomic E-state index is 0.204. The Morgan fingerprint density at radius 2 is 1.64 bits per heavy atom. The third-order valence-corrected chi connectivity index (χ3v) is 3.81. The number of benzene rings is 2. The van der Waals surface area contributed by atoms with Gasteiger partial charge in [0.15, 0.2) is 0 Å². The summed E-state index contributed by atoms with van der Waals surface area (Å²) in [5.74, 6) is -0.296. The molecular formula is C17H16BrF3N2O2. The second kappa shape index (κ2) is 8.24. The summed E-state index contributed by atoms with van der Waals surface area (Å²) in [4.78, 5) is 13.6. The first-order valence-electron chi connectivity index (χ1n) is 7.31. The maximum atomic E-state index is 12.1. The average molecular weight is 417 g/mol. The van der Waals surface area contributed by atoms with E-state index in [9.17, 15) is 18.0 Å². The highest BCUT2D eigenvalue weighted by Crippen LogP contribution is 2.22. The first kappa shape index (κ1) is 19.1. The summed E-state index contributed by atoms with van der Waals surface area (Å²) in [5, 5.41) is 2.71. The molecule has 25 heavy (non-hydrogen) atoms. The maximum absolute atomic E-state index is 12.1. The van der Waals surface area contributed by atoms with Crippen molar-refractivity contribution in [2.45, 2.75) is 19.5 Å². The predicted octanol–water partition coefficient (Wildman–Crippen LogP) is 4.69. The zero-order valence-electron chi connectivity index (χ0n) is 13.3. The monoisotopic (exact) mass is 416 g/mol. The lowest BCUT2D eigenvalue weighted by molar-refractivity contribution is -0.274. The van der Waals surface area contributed by atoms with Crippen LogP contribution in [-0.4, -0.2) is 24.3 Å². The van der Waals surface area contributed by atoms with Crippen molar-refractivity contribution >= 4 is 22.0 Å². The van der Waals surface area contributed by atoms with Gasteiger partial charge in [0, 0.05) is 24.6 Å². The van der Waals surface area contributed by atoms with Crippen molar-refractivity contribution in [1.29, 1.82) is 0 Å². The largest absolute Gasteiger partial charge is 0.573 e. The Morgan fingerprint density at radius 1 is 1.08 bits per heavy atom. The summed E-state index contributed by atoms with van der Waals surface area (Å²) in [6.45, 7) is 0.646. The van der Waals surface area contributed by atoms with Gasteiger partial charge in [0.2, 0.25) is 0 Å². The Balaban J connectivity index is 1.83. The third-order valence-electron chi connectivity index (χ3n) is 3.28. The Bertz CT molecular complexity index is 703. The first-order valence-corrected chi connectivity index (χ1v) is 8.10. The van der Waals surface area contributed by atoms with Crippen molar-refractivity contribution in [1.82, 2.24) is 10.2 Å². The Kier molecular flexibility index (Phi) is 6.30. The molecule has 0 fully saturated rings. The molecule has 0 saturated heterocycles. The molecule has 0 bridgehead atoms. The molecule has 0 spiro atoms. The van der Waals surface area contributed by atoms with E-state index in [1.165, 1.54) is 29.2 Å². The molecule has 2 rings (SSSR count). The lowest BCUT2D eigenvalue weighted by Gasteiger charge is -2.18. The lowest BCUT2D eigenvalue weighted by atomic mass is 10.2. The van der Waals surface area contributed by atoms with Crippen molar-refractivity contribution in [3.63, 3.8) is 0 Å². The van der Waals surface area contributed by atoms with Gasteiger partial charge in [0.25, 0.3) is 0 Å². The number of nitrogens with zero attached hydrogens (tertiary/aromatic N) is 1. The quantitative estimate of drug-likeness (QED) is 0.767. The molecule has 134 valence electrons. The zero-order valence-corrected chi connectivity index (χ0v) is 14.9. The molecule has 0 heterocycles. The van der Waals surface area contributed by atoms with Gasteiger partial charge in [-0.3, -0.25) is 0 Å². The van der Waals surface area contributed by atoms with Gasteiger partial charge in [-0.2, -0.15) is 0 Å². The van der Waals surface area contributed by atoms with Crippen LogP contribution in [0.1, 0.15) is 11.1 Å². The van der Waals surface area contributed by atoms with E-state index >= 15 is 0 Å². The van der Waals surface area contributed by atoms with Crippen LogP contribution >= 0.6 is 15.9 Å². The van der Waals surface area contributed by atoms with E-state index in [1.807, 2.05) is 24.3 Å². The fourth-order valence-corrected chi connectivity index (χ4v) is 2.32. The molecule has 0 aromatic heterocycles. The molecule has 0 atom stereocenters. The second-order valence-corrected chi connectivity index (χ2v) is 6.25. The van der Waals surface area contributed by atoms with E-state index < -0.39 is 6.36 Å². The second-order valence-electron chi connectivity index (χ2n) is 5.33. The van der Waals surface area contributed by atoms with Crippen molar-refractivity contribution in [2.75, 3.05) is 7.05 Å². The Hall–Kier alpha value is -2.22. The summed E-state index contributed by atoms with van der Waals surface area (Å²) in [5.41, 5.74) is 1.65. The minimum atomic E-state index is -4.72. The van der Waals surface area contributed by atoms with E-state index in [0.717, 1.165) is 10.0 Å². The average Bonchev–Trinajstić information content (AvgIpc) is 2.54. The maximum Gasteiger partial charge on any atom is 0.573 e. The smallest absolute Gasteiger partial charge is 0.406 e. The highest BCUT2D eigenvalue weighted by atomic mass is 79.9. The molecule has 2 amide bonds. The van der Waals surface area contributed by atoms with Crippen LogP contribution in [0.2, 0.25) is 0 Å². The molecule has 0 aliphatic carbocycles. The van der Waals surface area contributed by atoms with E-state index in [1.54, 1.807) is 7.05 Å². The van der Waals surface area contributed by atoms with Crippen molar-refractivity contribution < 1.29 is 22.7 Å². The number of nitrogens with one attached hydrogen (secondary N) is 1. The number of carbonyl (C=O) groups excluding carboxylic acids is 1. The van der Waals surface area contributed by atoms with Gasteiger partial charge in [-0.25, -0.2) is 4.79 Å². The van der Waals surface area contributed by atoms with Crippen LogP contribution in [-0.2, 0) is 13.1 Å². The normalized spacial score (nSPS) is 11.1. The number of rotatable bonds is 5. The van der Waals surface area contributed by atoms with E-state index in [-0.39, 0.29) is 18.3 Å². The highest BCUT2D eigenvalue weighted by Gasteiger charge is 2.30. The summed E-state index contributed by atoms with van der Waals surface area (Å²) < 4.78 is 41.1. The number of ether oxygens (including phenoxy) is 1. The Morgan fingerprint density at radius 3 is 2.20 bits per heavy atom. The number of halogens is 4. The summed E-state index contributed by atoms with van der Waals surface area (Å²) in [6.07, 6.45) is -4.72. The van der Waals surface area contributed by atoms with Crippen LogP contribution in [0.4, 0.5) is 18.0 Å². The summed E-state index contributed by atoms with van der Waals surface area (Å²) in [6, 6.07) is 12.7. The molecule has 4 nitrogen and oxygen atoms in total. The third kappa shape index (κ3) is 6.66. The van der Waals surface area contributed by atoms with Crippen LogP contribution in [0.15, 0.2) is 53.0 Å². The van der Waals surface area contributed by atoms with E-state index in [2.05, 4.69) is 26.0 Å². The number of amides is 2. The topological polar surface area (TPSA) is 41.6 Å². The van der Waals surface area contributed by atoms with Gasteiger partial charge < -0.3 is 15.0 Å². The summed E-state index contributed by atoms with van der Waals surface area (Å²) >= 11 is 3.35. The summed E-state index contributed by atoms with van der Waals surface area (Å²) in [7, 11) is 1.66. The van der Waals surface area contributed by atoms with Gasteiger partial charge in [-0.15, -0.1) is 13.2 Å². The SMILES string of the molecule is CN(Cc1ccc(Br)cc1)C(=O)NCc1ccc(OC(F)(F)F)cc1. The van der Waals surface area contributed by atoms with Crippen molar-refractivity contribution in [3.05, 3.63) is 64.1 Å². The number of hydrogen-bond acceptors (Lipinski definition) is 2. The molecule has 0 unspecified atom stereocenters. The molecular weight excluding hydrogens is 401 g/mol. The molecule has 0 aliphatic rings. The number of hydrogen-bond donors (Lipinski definition) is 1. The standard InChI is InChI=1S/C17H16BrF3N2O2/c1-23(11-13-2-6-14(18)7-3-13)16(24)22-10-12-4-8-15(9-5-12)25-17(19,20)21/h2-9H,10-11H2,1H3,(H,22,24). The van der Waals surface area contributed by atoms with Crippen LogP contribution in [0.3, 0.4) is 0 Å². The zero-order chi connectivity index (χ0) is 18.4. The molecule has 2 aromatic rings. The first-order chi connectivity index (χ1) is 11.7.